The molecular weight excluding hydrogens is 184 g/mol. The molecule has 0 bridgehead atoms. The highest BCUT2D eigenvalue weighted by atomic mass is 15.2. The summed E-state index contributed by atoms with van der Waals surface area (Å²) in [6.07, 6.45) is 6.09. The van der Waals surface area contributed by atoms with Crippen LogP contribution in [-0.2, 0) is 0 Å². The van der Waals surface area contributed by atoms with Gasteiger partial charge in [0, 0.05) is 24.7 Å². The van der Waals surface area contributed by atoms with Gasteiger partial charge in [0.2, 0.25) is 0 Å². The highest BCUT2D eigenvalue weighted by molar-refractivity contribution is 4.88. The molecule has 15 heavy (non-hydrogen) atoms. The van der Waals surface area contributed by atoms with Gasteiger partial charge in [0.05, 0.1) is 0 Å². The van der Waals surface area contributed by atoms with Crippen molar-refractivity contribution in [3.05, 3.63) is 12.7 Å². The Morgan fingerprint density at radius 3 is 2.60 bits per heavy atom. The van der Waals surface area contributed by atoms with Gasteiger partial charge in [-0.3, -0.25) is 4.90 Å². The van der Waals surface area contributed by atoms with Crippen LogP contribution in [0, 0.1) is 0 Å². The van der Waals surface area contributed by atoms with Gasteiger partial charge >= 0.3 is 0 Å². The summed E-state index contributed by atoms with van der Waals surface area (Å²) in [6.45, 7) is 13.0. The summed E-state index contributed by atoms with van der Waals surface area (Å²) in [5.41, 5.74) is 0. The van der Waals surface area contributed by atoms with Crippen molar-refractivity contribution in [1.82, 2.24) is 10.2 Å². The van der Waals surface area contributed by atoms with Crippen LogP contribution in [0.1, 0.15) is 40.0 Å². The maximum atomic E-state index is 3.89. The van der Waals surface area contributed by atoms with E-state index < -0.39 is 0 Å². The molecule has 0 amide bonds. The summed E-state index contributed by atoms with van der Waals surface area (Å²) in [5.74, 6) is 0. The molecule has 0 radical (unpaired) electrons. The number of nitrogens with zero attached hydrogens (tertiary/aromatic N) is 1. The molecule has 2 nitrogen and oxygen atoms in total. The zero-order chi connectivity index (χ0) is 11.3. The monoisotopic (exact) mass is 210 g/mol. The second-order valence-corrected chi connectivity index (χ2v) is 4.91. The Labute approximate surface area is 94.7 Å². The molecular formula is C13H26N2. The first-order chi connectivity index (χ1) is 7.15. The third-order valence-corrected chi connectivity index (χ3v) is 3.37. The average Bonchev–Trinajstić information content (AvgIpc) is 2.26. The van der Waals surface area contributed by atoms with Crippen LogP contribution in [0.15, 0.2) is 12.7 Å². The van der Waals surface area contributed by atoms with Crippen LogP contribution in [0.5, 0.6) is 0 Å². The van der Waals surface area contributed by atoms with Crippen LogP contribution in [0.3, 0.4) is 0 Å². The molecule has 1 aliphatic rings. The molecule has 0 saturated carbocycles. The van der Waals surface area contributed by atoms with Gasteiger partial charge in [-0.1, -0.05) is 12.5 Å². The quantitative estimate of drug-likeness (QED) is 0.701. The lowest BCUT2D eigenvalue weighted by atomic mass is 10.0. The van der Waals surface area contributed by atoms with Crippen molar-refractivity contribution in [1.29, 1.82) is 0 Å². The molecule has 2 atom stereocenters. The van der Waals surface area contributed by atoms with Crippen LogP contribution >= 0.6 is 0 Å². The zero-order valence-electron chi connectivity index (χ0n) is 10.5. The Kier molecular flexibility index (Phi) is 5.34. The van der Waals surface area contributed by atoms with Crippen LogP contribution in [0.2, 0.25) is 0 Å². The number of hydrogen-bond donors (Lipinski definition) is 1. The minimum Gasteiger partial charge on any atom is -0.313 e. The largest absolute Gasteiger partial charge is 0.313 e. The number of hydrogen-bond acceptors (Lipinski definition) is 2. The molecule has 0 aromatic rings. The van der Waals surface area contributed by atoms with E-state index in [1.807, 2.05) is 6.08 Å². The van der Waals surface area contributed by atoms with Crippen molar-refractivity contribution < 1.29 is 0 Å². The van der Waals surface area contributed by atoms with E-state index in [0.717, 1.165) is 6.54 Å². The highest BCUT2D eigenvalue weighted by Gasteiger charge is 2.20. The van der Waals surface area contributed by atoms with Gasteiger partial charge in [-0.05, 0) is 40.2 Å². The van der Waals surface area contributed by atoms with Crippen LogP contribution in [-0.4, -0.2) is 36.1 Å². The Bertz CT molecular complexity index is 183. The fourth-order valence-electron chi connectivity index (χ4n) is 2.32. The molecule has 1 heterocycles. The predicted molar refractivity (Wildman–Crippen MR) is 67.1 cm³/mol. The maximum absolute atomic E-state index is 3.89. The van der Waals surface area contributed by atoms with Crippen LogP contribution in [0.4, 0.5) is 0 Å². The minimum atomic E-state index is 0.480. The molecule has 2 heteroatoms. The van der Waals surface area contributed by atoms with E-state index >= 15 is 0 Å². The molecule has 0 aliphatic carbocycles. The number of piperidine rings is 1. The Morgan fingerprint density at radius 2 is 2.13 bits per heavy atom. The Morgan fingerprint density at radius 1 is 1.40 bits per heavy atom. The second-order valence-electron chi connectivity index (χ2n) is 4.91. The molecule has 2 unspecified atom stereocenters. The molecule has 1 N–H and O–H groups in total. The molecule has 0 aromatic heterocycles. The molecule has 1 saturated heterocycles. The molecule has 88 valence electrons. The van der Waals surface area contributed by atoms with Gasteiger partial charge in [-0.25, -0.2) is 0 Å². The molecule has 1 aliphatic heterocycles. The average molecular weight is 210 g/mol. The summed E-state index contributed by atoms with van der Waals surface area (Å²) < 4.78 is 0. The summed E-state index contributed by atoms with van der Waals surface area (Å²) in [6, 6.07) is 1.76. The summed E-state index contributed by atoms with van der Waals surface area (Å²) in [7, 11) is 0. The van der Waals surface area contributed by atoms with E-state index in [0.29, 0.717) is 18.1 Å². The van der Waals surface area contributed by atoms with E-state index in [1.54, 1.807) is 0 Å². The molecule has 0 spiro atoms. The third kappa shape index (κ3) is 3.96. The lowest BCUT2D eigenvalue weighted by molar-refractivity contribution is 0.161. The summed E-state index contributed by atoms with van der Waals surface area (Å²) in [5, 5.41) is 3.61. The van der Waals surface area contributed by atoms with E-state index in [2.05, 4.69) is 37.6 Å². The Balaban J connectivity index is 2.45. The van der Waals surface area contributed by atoms with Crippen molar-refractivity contribution in [3.8, 4) is 0 Å². The third-order valence-electron chi connectivity index (χ3n) is 3.37. The standard InChI is InChI=1S/C13H26N2/c1-5-12(4)15(11(2)3)10-13-8-6-7-9-14-13/h5,11-14H,1,6-10H2,2-4H3. The van der Waals surface area contributed by atoms with Gasteiger partial charge in [0.15, 0.2) is 0 Å². The van der Waals surface area contributed by atoms with E-state index in [4.69, 9.17) is 0 Å². The smallest absolute Gasteiger partial charge is 0.0250 e. The van der Waals surface area contributed by atoms with Crippen molar-refractivity contribution in [2.75, 3.05) is 13.1 Å². The molecule has 0 aromatic carbocycles. The fourth-order valence-corrected chi connectivity index (χ4v) is 2.32. The molecule has 1 rings (SSSR count). The first kappa shape index (κ1) is 12.7. The number of nitrogens with one attached hydrogen (secondary N) is 1. The van der Waals surface area contributed by atoms with E-state index in [1.165, 1.54) is 25.8 Å². The minimum absolute atomic E-state index is 0.480. The topological polar surface area (TPSA) is 15.3 Å². The van der Waals surface area contributed by atoms with Crippen molar-refractivity contribution in [3.63, 3.8) is 0 Å². The second kappa shape index (κ2) is 6.29. The van der Waals surface area contributed by atoms with Crippen LogP contribution in [0.25, 0.3) is 0 Å². The first-order valence-corrected chi connectivity index (χ1v) is 6.26. The van der Waals surface area contributed by atoms with Crippen molar-refractivity contribution >= 4 is 0 Å². The van der Waals surface area contributed by atoms with Gasteiger partial charge in [-0.15, -0.1) is 6.58 Å². The van der Waals surface area contributed by atoms with Gasteiger partial charge < -0.3 is 5.32 Å². The molecule has 1 fully saturated rings. The van der Waals surface area contributed by atoms with Crippen LogP contribution < -0.4 is 5.32 Å². The highest BCUT2D eigenvalue weighted by Crippen LogP contribution is 2.13. The van der Waals surface area contributed by atoms with E-state index in [-0.39, 0.29) is 0 Å². The maximum Gasteiger partial charge on any atom is 0.0250 e. The van der Waals surface area contributed by atoms with Gasteiger partial charge in [0.25, 0.3) is 0 Å². The lowest BCUT2D eigenvalue weighted by Gasteiger charge is -2.36. The fraction of sp³-hybridized carbons (Fsp3) is 0.846. The normalized spacial score (nSPS) is 24.5. The van der Waals surface area contributed by atoms with Crippen molar-refractivity contribution in [2.45, 2.75) is 58.2 Å². The first-order valence-electron chi connectivity index (χ1n) is 6.26. The van der Waals surface area contributed by atoms with Gasteiger partial charge in [-0.2, -0.15) is 0 Å². The SMILES string of the molecule is C=CC(C)N(CC1CCCCN1)C(C)C. The Hall–Kier alpha value is -0.340. The van der Waals surface area contributed by atoms with Gasteiger partial charge in [0.1, 0.15) is 0 Å². The lowest BCUT2D eigenvalue weighted by Crippen LogP contribution is -2.48. The predicted octanol–water partition coefficient (Wildman–Crippen LogP) is 2.41. The van der Waals surface area contributed by atoms with E-state index in [9.17, 15) is 0 Å². The summed E-state index contributed by atoms with van der Waals surface area (Å²) >= 11 is 0. The zero-order valence-corrected chi connectivity index (χ0v) is 10.5. The van der Waals surface area contributed by atoms with Crippen molar-refractivity contribution in [2.24, 2.45) is 0 Å². The summed E-state index contributed by atoms with van der Waals surface area (Å²) in [4.78, 5) is 2.52. The number of rotatable bonds is 5.